The molecule has 2 heteroatoms. The van der Waals surface area contributed by atoms with Crippen LogP contribution in [0.3, 0.4) is 0 Å². The van der Waals surface area contributed by atoms with Crippen LogP contribution in [0.1, 0.15) is 24.8 Å². The van der Waals surface area contributed by atoms with Gasteiger partial charge >= 0.3 is 0 Å². The van der Waals surface area contributed by atoms with Crippen molar-refractivity contribution < 1.29 is 0 Å². The number of aryl methyl sites for hydroxylation is 1. The van der Waals surface area contributed by atoms with Crippen molar-refractivity contribution in [3.05, 3.63) is 34.9 Å². The van der Waals surface area contributed by atoms with E-state index in [-0.39, 0.29) is 0 Å². The Morgan fingerprint density at radius 2 is 1.93 bits per heavy atom. The zero-order valence-corrected chi connectivity index (χ0v) is 9.76. The molecule has 0 spiro atoms. The summed E-state index contributed by atoms with van der Waals surface area (Å²) < 4.78 is 0. The fraction of sp³-hybridized carbons (Fsp3) is 0.538. The van der Waals surface area contributed by atoms with Crippen LogP contribution in [-0.2, 0) is 6.42 Å². The minimum atomic E-state index is 0.891. The van der Waals surface area contributed by atoms with Gasteiger partial charge in [0.15, 0.2) is 0 Å². The van der Waals surface area contributed by atoms with Crippen LogP contribution in [-0.4, -0.2) is 13.1 Å². The summed E-state index contributed by atoms with van der Waals surface area (Å²) in [7, 11) is 0. The molecule has 0 unspecified atom stereocenters. The summed E-state index contributed by atoms with van der Waals surface area (Å²) in [5.41, 5.74) is 1.30. The molecule has 0 amide bonds. The second kappa shape index (κ2) is 5.53. The molecule has 1 aromatic carbocycles. The number of hydrogen-bond donors (Lipinski definition) is 1. The molecule has 1 aromatic rings. The molecule has 15 heavy (non-hydrogen) atoms. The highest BCUT2D eigenvalue weighted by Gasteiger charge is 2.13. The van der Waals surface area contributed by atoms with E-state index in [0.29, 0.717) is 0 Å². The fourth-order valence-electron chi connectivity index (χ4n) is 2.23. The van der Waals surface area contributed by atoms with Gasteiger partial charge in [-0.05, 0) is 56.3 Å². The Hall–Kier alpha value is -0.530. The molecule has 1 saturated heterocycles. The first-order chi connectivity index (χ1) is 7.36. The molecule has 0 radical (unpaired) electrons. The highest BCUT2D eigenvalue weighted by atomic mass is 35.5. The number of piperidine rings is 1. The summed E-state index contributed by atoms with van der Waals surface area (Å²) in [5, 5.41) is 4.32. The molecule has 1 heterocycles. The Morgan fingerprint density at radius 1 is 1.20 bits per heavy atom. The molecular weight excluding hydrogens is 206 g/mol. The van der Waals surface area contributed by atoms with Gasteiger partial charge in [-0.25, -0.2) is 0 Å². The maximum Gasteiger partial charge on any atom is 0.0437 e. The highest BCUT2D eigenvalue weighted by Crippen LogP contribution is 2.22. The maximum atomic E-state index is 6.13. The van der Waals surface area contributed by atoms with Crippen LogP contribution in [0.2, 0.25) is 5.02 Å². The van der Waals surface area contributed by atoms with Crippen molar-refractivity contribution in [1.82, 2.24) is 5.32 Å². The molecular formula is C13H18ClN. The van der Waals surface area contributed by atoms with Gasteiger partial charge in [0.05, 0.1) is 0 Å². The number of nitrogens with one attached hydrogen (secondary N) is 1. The predicted octanol–water partition coefficient (Wildman–Crippen LogP) is 3.27. The first-order valence-corrected chi connectivity index (χ1v) is 6.18. The molecule has 0 aromatic heterocycles. The quantitative estimate of drug-likeness (QED) is 0.830. The van der Waals surface area contributed by atoms with E-state index >= 15 is 0 Å². The molecule has 1 fully saturated rings. The summed E-state index contributed by atoms with van der Waals surface area (Å²) in [5.74, 6) is 0.891. The summed E-state index contributed by atoms with van der Waals surface area (Å²) in [4.78, 5) is 0. The summed E-state index contributed by atoms with van der Waals surface area (Å²) >= 11 is 6.13. The van der Waals surface area contributed by atoms with Crippen molar-refractivity contribution >= 4 is 11.6 Å². The van der Waals surface area contributed by atoms with Gasteiger partial charge in [-0.15, -0.1) is 0 Å². The standard InChI is InChI=1S/C13H18ClN/c14-13-4-2-1-3-12(13)6-5-11-7-9-15-10-8-11/h1-4,11,15H,5-10H2. The maximum absolute atomic E-state index is 6.13. The minimum Gasteiger partial charge on any atom is -0.317 e. The van der Waals surface area contributed by atoms with Gasteiger partial charge in [-0.3, -0.25) is 0 Å². The third-order valence-corrected chi connectivity index (χ3v) is 3.61. The topological polar surface area (TPSA) is 12.0 Å². The monoisotopic (exact) mass is 223 g/mol. The van der Waals surface area contributed by atoms with Crippen molar-refractivity contribution in [2.45, 2.75) is 25.7 Å². The van der Waals surface area contributed by atoms with E-state index in [1.807, 2.05) is 12.1 Å². The lowest BCUT2D eigenvalue weighted by Crippen LogP contribution is -2.27. The Labute approximate surface area is 96.8 Å². The molecule has 0 bridgehead atoms. The molecule has 1 N–H and O–H groups in total. The van der Waals surface area contributed by atoms with Crippen LogP contribution in [0.25, 0.3) is 0 Å². The van der Waals surface area contributed by atoms with Crippen LogP contribution in [0.4, 0.5) is 0 Å². The van der Waals surface area contributed by atoms with Crippen LogP contribution < -0.4 is 5.32 Å². The number of rotatable bonds is 3. The van der Waals surface area contributed by atoms with Crippen LogP contribution in [0, 0.1) is 5.92 Å². The van der Waals surface area contributed by atoms with Crippen molar-refractivity contribution in [3.8, 4) is 0 Å². The van der Waals surface area contributed by atoms with E-state index in [1.54, 1.807) is 0 Å². The van der Waals surface area contributed by atoms with E-state index in [4.69, 9.17) is 11.6 Å². The van der Waals surface area contributed by atoms with Gasteiger partial charge < -0.3 is 5.32 Å². The molecule has 82 valence electrons. The minimum absolute atomic E-state index is 0.891. The lowest BCUT2D eigenvalue weighted by atomic mass is 9.91. The smallest absolute Gasteiger partial charge is 0.0437 e. The number of halogens is 1. The van der Waals surface area contributed by atoms with E-state index in [1.165, 1.54) is 37.9 Å². The normalized spacial score (nSPS) is 17.9. The van der Waals surface area contributed by atoms with E-state index in [9.17, 15) is 0 Å². The molecule has 1 nitrogen and oxygen atoms in total. The van der Waals surface area contributed by atoms with Crippen molar-refractivity contribution in [2.24, 2.45) is 5.92 Å². The molecule has 0 atom stereocenters. The van der Waals surface area contributed by atoms with Gasteiger partial charge in [0.2, 0.25) is 0 Å². The Bertz CT molecular complexity index is 305. The van der Waals surface area contributed by atoms with E-state index < -0.39 is 0 Å². The Kier molecular flexibility index (Phi) is 4.04. The highest BCUT2D eigenvalue weighted by molar-refractivity contribution is 6.31. The van der Waals surface area contributed by atoms with E-state index in [0.717, 1.165) is 17.4 Å². The van der Waals surface area contributed by atoms with Crippen LogP contribution in [0.5, 0.6) is 0 Å². The van der Waals surface area contributed by atoms with Gasteiger partial charge in [0, 0.05) is 5.02 Å². The van der Waals surface area contributed by atoms with Crippen LogP contribution >= 0.6 is 11.6 Å². The van der Waals surface area contributed by atoms with Crippen LogP contribution in [0.15, 0.2) is 24.3 Å². The second-order valence-electron chi connectivity index (χ2n) is 4.32. The fourth-order valence-corrected chi connectivity index (χ4v) is 2.46. The lowest BCUT2D eigenvalue weighted by Gasteiger charge is -2.22. The summed E-state index contributed by atoms with van der Waals surface area (Å²) in [6.07, 6.45) is 5.06. The zero-order chi connectivity index (χ0) is 10.5. The zero-order valence-electron chi connectivity index (χ0n) is 9.01. The molecule has 0 saturated carbocycles. The number of hydrogen-bond acceptors (Lipinski definition) is 1. The Balaban J connectivity index is 1.84. The van der Waals surface area contributed by atoms with Gasteiger partial charge in [0.1, 0.15) is 0 Å². The molecule has 1 aliphatic rings. The third kappa shape index (κ3) is 3.22. The second-order valence-corrected chi connectivity index (χ2v) is 4.73. The number of benzene rings is 1. The predicted molar refractivity (Wildman–Crippen MR) is 65.4 cm³/mol. The Morgan fingerprint density at radius 3 is 2.67 bits per heavy atom. The van der Waals surface area contributed by atoms with Gasteiger partial charge in [0.25, 0.3) is 0 Å². The lowest BCUT2D eigenvalue weighted by molar-refractivity contribution is 0.354. The molecule has 2 rings (SSSR count). The summed E-state index contributed by atoms with van der Waals surface area (Å²) in [6, 6.07) is 8.20. The largest absolute Gasteiger partial charge is 0.317 e. The van der Waals surface area contributed by atoms with Crippen molar-refractivity contribution in [2.75, 3.05) is 13.1 Å². The average Bonchev–Trinajstić information content (AvgIpc) is 2.29. The van der Waals surface area contributed by atoms with Crippen molar-refractivity contribution in [1.29, 1.82) is 0 Å². The molecule has 1 aliphatic heterocycles. The molecule has 0 aliphatic carbocycles. The summed E-state index contributed by atoms with van der Waals surface area (Å²) in [6.45, 7) is 2.38. The van der Waals surface area contributed by atoms with E-state index in [2.05, 4.69) is 17.4 Å². The first-order valence-electron chi connectivity index (χ1n) is 5.80. The third-order valence-electron chi connectivity index (χ3n) is 3.24. The SMILES string of the molecule is Clc1ccccc1CCC1CCNCC1. The van der Waals surface area contributed by atoms with Gasteiger partial charge in [-0.2, -0.15) is 0 Å². The average molecular weight is 224 g/mol. The van der Waals surface area contributed by atoms with Crippen molar-refractivity contribution in [3.63, 3.8) is 0 Å². The first kappa shape index (κ1) is 11.0. The van der Waals surface area contributed by atoms with Gasteiger partial charge in [-0.1, -0.05) is 29.8 Å².